The van der Waals surface area contributed by atoms with E-state index in [1.165, 1.54) is 6.07 Å². The number of hydrogen-bond donors (Lipinski definition) is 0. The average molecular weight is 333 g/mol. The molecule has 1 heterocycles. The summed E-state index contributed by atoms with van der Waals surface area (Å²) in [6.07, 6.45) is -4.29. The number of pyridine rings is 1. The number of nitriles is 1. The maximum atomic E-state index is 13.2. The lowest BCUT2D eigenvalue weighted by Gasteiger charge is -2.15. The zero-order valence-corrected chi connectivity index (χ0v) is 13.1. The Bertz CT molecular complexity index is 875. The van der Waals surface area contributed by atoms with Crippen molar-refractivity contribution in [1.29, 1.82) is 5.26 Å². The molecular weight excluding hydrogens is 319 g/mol. The van der Waals surface area contributed by atoms with Crippen molar-refractivity contribution in [3.8, 4) is 17.3 Å². The predicted molar refractivity (Wildman–Crippen MR) is 84.7 cm³/mol. The van der Waals surface area contributed by atoms with Gasteiger partial charge in [0.15, 0.2) is 0 Å². The second-order valence-corrected chi connectivity index (χ2v) is 5.10. The Hall–Kier alpha value is -2.88. The second kappa shape index (κ2) is 6.71. The van der Waals surface area contributed by atoms with Crippen molar-refractivity contribution in [2.24, 2.45) is 5.10 Å². The van der Waals surface area contributed by atoms with Gasteiger partial charge in [-0.2, -0.15) is 28.2 Å². The first-order valence-corrected chi connectivity index (χ1v) is 7.16. The minimum absolute atomic E-state index is 0.0141. The van der Waals surface area contributed by atoms with Gasteiger partial charge in [0, 0.05) is 11.3 Å². The predicted octanol–water partition coefficient (Wildman–Crippen LogP) is 4.04. The Morgan fingerprint density at radius 3 is 2.42 bits per heavy atom. The third-order valence-electron chi connectivity index (χ3n) is 3.45. The minimum Gasteiger partial charge on any atom is -0.266 e. The summed E-state index contributed by atoms with van der Waals surface area (Å²) in [5.41, 5.74) is -2.36. The molecule has 0 N–H and O–H groups in total. The fraction of sp³-hybridized carbons (Fsp3) is 0.235. The van der Waals surface area contributed by atoms with Crippen molar-refractivity contribution in [3.63, 3.8) is 0 Å². The van der Waals surface area contributed by atoms with E-state index in [1.807, 2.05) is 0 Å². The Labute approximate surface area is 136 Å². The maximum absolute atomic E-state index is 13.2. The molecule has 0 saturated carbocycles. The van der Waals surface area contributed by atoms with Crippen LogP contribution in [-0.4, -0.2) is 10.4 Å². The molecule has 1 aromatic carbocycles. The van der Waals surface area contributed by atoms with E-state index in [1.54, 1.807) is 44.2 Å². The number of rotatable bonds is 3. The fourth-order valence-corrected chi connectivity index (χ4v) is 2.09. The van der Waals surface area contributed by atoms with Crippen LogP contribution in [0.4, 0.5) is 13.2 Å². The van der Waals surface area contributed by atoms with Crippen LogP contribution in [0.2, 0.25) is 0 Å². The van der Waals surface area contributed by atoms with Crippen LogP contribution < -0.4 is 5.56 Å². The summed E-state index contributed by atoms with van der Waals surface area (Å²) in [7, 11) is 0. The molecule has 2 rings (SSSR count). The number of halogens is 3. The standard InChI is InChI=1S/C17H14F3N3O/c1-3-11(2)22-23-15(12-7-5-4-6-8-12)9-14(17(18,19)20)13(10-21)16(23)24/h4-9H,3H2,1-2H3. The van der Waals surface area contributed by atoms with Crippen LogP contribution in [0.1, 0.15) is 31.4 Å². The third kappa shape index (κ3) is 3.38. The van der Waals surface area contributed by atoms with Crippen molar-refractivity contribution in [3.05, 3.63) is 57.9 Å². The summed E-state index contributed by atoms with van der Waals surface area (Å²) in [6.45, 7) is 3.46. The molecule has 4 nitrogen and oxygen atoms in total. The highest BCUT2D eigenvalue weighted by Crippen LogP contribution is 2.33. The van der Waals surface area contributed by atoms with E-state index in [2.05, 4.69) is 5.10 Å². The SMILES string of the molecule is CCC(C)=Nn1c(-c2ccccc2)cc(C(F)(F)F)c(C#N)c1=O. The van der Waals surface area contributed by atoms with Gasteiger partial charge in [-0.25, -0.2) is 0 Å². The van der Waals surface area contributed by atoms with Crippen LogP contribution in [0.25, 0.3) is 11.3 Å². The molecule has 0 amide bonds. The lowest BCUT2D eigenvalue weighted by molar-refractivity contribution is -0.137. The lowest BCUT2D eigenvalue weighted by Crippen LogP contribution is -2.26. The van der Waals surface area contributed by atoms with Crippen molar-refractivity contribution in [2.75, 3.05) is 0 Å². The lowest BCUT2D eigenvalue weighted by atomic mass is 10.0. The molecule has 0 spiro atoms. The van der Waals surface area contributed by atoms with Gasteiger partial charge in [0.25, 0.3) is 5.56 Å². The molecule has 7 heteroatoms. The number of benzene rings is 1. The normalized spacial score (nSPS) is 12.1. The summed E-state index contributed by atoms with van der Waals surface area (Å²) in [5.74, 6) is 0. The summed E-state index contributed by atoms with van der Waals surface area (Å²) in [6, 6.07) is 10.3. The van der Waals surface area contributed by atoms with Crippen molar-refractivity contribution in [2.45, 2.75) is 26.4 Å². The van der Waals surface area contributed by atoms with Gasteiger partial charge < -0.3 is 0 Å². The van der Waals surface area contributed by atoms with Crippen LogP contribution in [0, 0.1) is 11.3 Å². The molecule has 0 saturated heterocycles. The highest BCUT2D eigenvalue weighted by Gasteiger charge is 2.36. The number of nitrogens with zero attached hydrogens (tertiary/aromatic N) is 3. The molecule has 0 unspecified atom stereocenters. The van der Waals surface area contributed by atoms with E-state index in [9.17, 15) is 18.0 Å². The van der Waals surface area contributed by atoms with Gasteiger partial charge in [0.2, 0.25) is 0 Å². The molecule has 0 aliphatic rings. The zero-order valence-electron chi connectivity index (χ0n) is 13.1. The van der Waals surface area contributed by atoms with Crippen molar-refractivity contribution < 1.29 is 13.2 Å². The molecule has 0 aliphatic carbocycles. The van der Waals surface area contributed by atoms with Gasteiger partial charge in [0.05, 0.1) is 11.3 Å². The second-order valence-electron chi connectivity index (χ2n) is 5.10. The average Bonchev–Trinajstić information content (AvgIpc) is 2.55. The molecule has 124 valence electrons. The first kappa shape index (κ1) is 17.5. The van der Waals surface area contributed by atoms with Crippen LogP contribution >= 0.6 is 0 Å². The van der Waals surface area contributed by atoms with E-state index >= 15 is 0 Å². The van der Waals surface area contributed by atoms with Gasteiger partial charge in [-0.05, 0) is 19.4 Å². The molecule has 2 aromatic rings. The third-order valence-corrected chi connectivity index (χ3v) is 3.45. The van der Waals surface area contributed by atoms with E-state index in [-0.39, 0.29) is 5.69 Å². The van der Waals surface area contributed by atoms with E-state index in [4.69, 9.17) is 5.26 Å². The molecular formula is C17H14F3N3O. The maximum Gasteiger partial charge on any atom is 0.417 e. The van der Waals surface area contributed by atoms with Crippen molar-refractivity contribution >= 4 is 5.71 Å². The molecule has 0 fully saturated rings. The first-order chi connectivity index (χ1) is 11.3. The number of alkyl halides is 3. The quantitative estimate of drug-likeness (QED) is 0.796. The fourth-order valence-electron chi connectivity index (χ4n) is 2.09. The van der Waals surface area contributed by atoms with Gasteiger partial charge in [-0.15, -0.1) is 0 Å². The molecule has 0 bridgehead atoms. The van der Waals surface area contributed by atoms with E-state index < -0.39 is 22.9 Å². The summed E-state index contributed by atoms with van der Waals surface area (Å²) in [5, 5.41) is 13.1. The molecule has 0 aliphatic heterocycles. The topological polar surface area (TPSA) is 58.1 Å². The van der Waals surface area contributed by atoms with Crippen LogP contribution in [-0.2, 0) is 6.18 Å². The Morgan fingerprint density at radius 1 is 1.29 bits per heavy atom. The highest BCUT2D eigenvalue weighted by molar-refractivity contribution is 5.81. The summed E-state index contributed by atoms with van der Waals surface area (Å²) >= 11 is 0. The van der Waals surface area contributed by atoms with Gasteiger partial charge in [-0.1, -0.05) is 37.3 Å². The summed E-state index contributed by atoms with van der Waals surface area (Å²) in [4.78, 5) is 12.4. The smallest absolute Gasteiger partial charge is 0.266 e. The van der Waals surface area contributed by atoms with Gasteiger partial charge >= 0.3 is 6.18 Å². The number of hydrogen-bond acceptors (Lipinski definition) is 3. The van der Waals surface area contributed by atoms with E-state index in [0.29, 0.717) is 17.7 Å². The van der Waals surface area contributed by atoms with Gasteiger partial charge in [-0.3, -0.25) is 4.79 Å². The van der Waals surface area contributed by atoms with Crippen LogP contribution in [0.3, 0.4) is 0 Å². The van der Waals surface area contributed by atoms with Gasteiger partial charge in [0.1, 0.15) is 11.6 Å². The molecule has 0 atom stereocenters. The summed E-state index contributed by atoms with van der Waals surface area (Å²) < 4.78 is 40.6. The Balaban J connectivity index is 2.93. The largest absolute Gasteiger partial charge is 0.417 e. The van der Waals surface area contributed by atoms with Crippen molar-refractivity contribution in [1.82, 2.24) is 4.68 Å². The number of aromatic nitrogens is 1. The molecule has 24 heavy (non-hydrogen) atoms. The molecule has 0 radical (unpaired) electrons. The van der Waals surface area contributed by atoms with Crippen LogP contribution in [0.15, 0.2) is 46.3 Å². The highest BCUT2D eigenvalue weighted by atomic mass is 19.4. The first-order valence-electron chi connectivity index (χ1n) is 7.16. The van der Waals surface area contributed by atoms with E-state index in [0.717, 1.165) is 10.7 Å². The Morgan fingerprint density at radius 2 is 1.92 bits per heavy atom. The Kier molecular flexibility index (Phi) is 4.88. The molecule has 1 aromatic heterocycles. The van der Waals surface area contributed by atoms with Crippen LogP contribution in [0.5, 0.6) is 0 Å². The minimum atomic E-state index is -4.81. The monoisotopic (exact) mass is 333 g/mol. The zero-order chi connectivity index (χ0) is 17.9.